The average molecular weight is 124 g/mol. The molecule has 0 aliphatic carbocycles. The minimum atomic E-state index is 0. The van der Waals surface area contributed by atoms with Gasteiger partial charge in [0, 0.05) is 0 Å². The van der Waals surface area contributed by atoms with E-state index in [1.54, 1.807) is 0 Å². The summed E-state index contributed by atoms with van der Waals surface area (Å²) in [4.78, 5) is 0. The normalized spacial score (nSPS) is 4.17. The van der Waals surface area contributed by atoms with Gasteiger partial charge in [-0.1, -0.05) is 13.0 Å². The molecule has 6 heavy (non-hydrogen) atoms. The van der Waals surface area contributed by atoms with Gasteiger partial charge >= 0.3 is 0 Å². The van der Waals surface area contributed by atoms with Crippen molar-refractivity contribution in [2.45, 2.75) is 13.3 Å². The molecule has 0 aliphatic heterocycles. The first kappa shape index (κ1) is 16.1. The molecule has 0 aromatic rings. The second-order valence-corrected chi connectivity index (χ2v) is 0.697. The van der Waals surface area contributed by atoms with E-state index in [0.29, 0.717) is 0 Å². The lowest BCUT2D eigenvalue weighted by atomic mass is 10.5. The third-order valence-corrected chi connectivity index (χ3v) is 0.289. The van der Waals surface area contributed by atoms with Gasteiger partial charge < -0.3 is 0 Å². The van der Waals surface area contributed by atoms with E-state index in [0.717, 1.165) is 6.42 Å². The van der Waals surface area contributed by atoms with Gasteiger partial charge in [0.2, 0.25) is 0 Å². The molecule has 0 saturated heterocycles. The Bertz CT molecular complexity index is 19.5. The maximum absolute atomic E-state index is 3.48. The summed E-state index contributed by atoms with van der Waals surface area (Å²) in [7, 11) is 0. The molecule has 0 aliphatic rings. The molecule has 0 bridgehead atoms. The molecule has 2 heteroatoms. The van der Waals surface area contributed by atoms with Gasteiger partial charge in [0.05, 0.1) is 0 Å². The van der Waals surface area contributed by atoms with Crippen LogP contribution in [0, 0.1) is 0 Å². The molecular weight excluding hydrogens is 112 g/mol. The van der Waals surface area contributed by atoms with Crippen molar-refractivity contribution < 1.29 is 0 Å². The van der Waals surface area contributed by atoms with Crippen LogP contribution in [0.25, 0.3) is 0 Å². The maximum Gasteiger partial charge on any atom is -0.0382 e. The van der Waals surface area contributed by atoms with Crippen LogP contribution in [0.3, 0.4) is 0 Å². The molecule has 0 spiro atoms. The Morgan fingerprint density at radius 1 is 1.50 bits per heavy atom. The second-order valence-electron chi connectivity index (χ2n) is 0.697. The van der Waals surface area contributed by atoms with Crippen molar-refractivity contribution in [2.75, 3.05) is 0 Å². The summed E-state index contributed by atoms with van der Waals surface area (Å²) in [5, 5.41) is 0. The van der Waals surface area contributed by atoms with Crippen LogP contribution in [0.15, 0.2) is 12.7 Å². The Morgan fingerprint density at radius 3 is 1.67 bits per heavy atom. The van der Waals surface area contributed by atoms with Crippen LogP contribution < -0.4 is 0 Å². The van der Waals surface area contributed by atoms with E-state index < -0.39 is 0 Å². The van der Waals surface area contributed by atoms with Gasteiger partial charge in [-0.15, -0.1) is 6.58 Å². The van der Waals surface area contributed by atoms with Crippen molar-refractivity contribution in [3.63, 3.8) is 0 Å². The molecular formula is C4H12S2. The Hall–Kier alpha value is 0.440. The van der Waals surface area contributed by atoms with Crippen LogP contribution in [-0.2, 0) is 0 Å². The third kappa shape index (κ3) is 25.3. The third-order valence-electron chi connectivity index (χ3n) is 0.289. The Morgan fingerprint density at radius 2 is 1.67 bits per heavy atom. The summed E-state index contributed by atoms with van der Waals surface area (Å²) >= 11 is 0. The minimum Gasteiger partial charge on any atom is -0.197 e. The van der Waals surface area contributed by atoms with Crippen LogP contribution >= 0.6 is 27.0 Å². The summed E-state index contributed by atoms with van der Waals surface area (Å²) < 4.78 is 0. The van der Waals surface area contributed by atoms with Gasteiger partial charge in [-0.3, -0.25) is 0 Å². The second kappa shape index (κ2) is 18.0. The first-order valence-corrected chi connectivity index (χ1v) is 1.52. The molecule has 0 heterocycles. The molecule has 40 valence electrons. The van der Waals surface area contributed by atoms with Crippen molar-refractivity contribution >= 4 is 27.0 Å². The molecule has 0 amide bonds. The number of hydrogen-bond acceptors (Lipinski definition) is 0. The largest absolute Gasteiger partial charge is 0.197 e. The van der Waals surface area contributed by atoms with Gasteiger partial charge in [0.1, 0.15) is 0 Å². The van der Waals surface area contributed by atoms with E-state index in [2.05, 4.69) is 13.5 Å². The molecule has 0 radical (unpaired) electrons. The quantitative estimate of drug-likeness (QED) is 0.468. The van der Waals surface area contributed by atoms with E-state index in [9.17, 15) is 0 Å². The maximum atomic E-state index is 3.48. The van der Waals surface area contributed by atoms with Gasteiger partial charge in [-0.2, -0.15) is 27.0 Å². The topological polar surface area (TPSA) is 0 Å². The van der Waals surface area contributed by atoms with Gasteiger partial charge in [0.25, 0.3) is 0 Å². The first-order chi connectivity index (χ1) is 1.91. The molecule has 0 unspecified atom stereocenters. The lowest BCUT2D eigenvalue weighted by Gasteiger charge is -1.57. The van der Waals surface area contributed by atoms with Crippen LogP contribution in [-0.4, -0.2) is 0 Å². The van der Waals surface area contributed by atoms with Crippen LogP contribution in [0.2, 0.25) is 0 Å². The highest BCUT2D eigenvalue weighted by Crippen LogP contribution is 1.66. The predicted octanol–water partition coefficient (Wildman–Crippen LogP) is 1.81. The van der Waals surface area contributed by atoms with Crippen molar-refractivity contribution in [3.8, 4) is 0 Å². The van der Waals surface area contributed by atoms with Crippen molar-refractivity contribution in [1.82, 2.24) is 0 Å². The molecule has 0 atom stereocenters. The zero-order valence-corrected chi connectivity index (χ0v) is 5.99. The van der Waals surface area contributed by atoms with Gasteiger partial charge in [-0.05, 0) is 6.42 Å². The van der Waals surface area contributed by atoms with Crippen LogP contribution in [0.4, 0.5) is 0 Å². The van der Waals surface area contributed by atoms with Crippen molar-refractivity contribution in [2.24, 2.45) is 0 Å². The fourth-order valence-corrected chi connectivity index (χ4v) is 0. The Kier molecular flexibility index (Phi) is 48.4. The van der Waals surface area contributed by atoms with E-state index in [1.807, 2.05) is 6.08 Å². The molecule has 0 nitrogen and oxygen atoms in total. The number of hydrogen-bond donors (Lipinski definition) is 0. The van der Waals surface area contributed by atoms with E-state index in [-0.39, 0.29) is 27.0 Å². The fraction of sp³-hybridized carbons (Fsp3) is 0.500. The monoisotopic (exact) mass is 124 g/mol. The van der Waals surface area contributed by atoms with Crippen molar-refractivity contribution in [3.05, 3.63) is 12.7 Å². The smallest absolute Gasteiger partial charge is 0.0382 e. The summed E-state index contributed by atoms with van der Waals surface area (Å²) in [6.45, 7) is 5.54. The van der Waals surface area contributed by atoms with E-state index >= 15 is 0 Å². The zero-order valence-electron chi connectivity index (χ0n) is 3.99. The Labute approximate surface area is 53.5 Å². The highest BCUT2D eigenvalue weighted by molar-refractivity contribution is 7.59. The lowest BCUT2D eigenvalue weighted by Crippen LogP contribution is -1.36. The zero-order chi connectivity index (χ0) is 3.41. The molecule has 0 fully saturated rings. The standard InChI is InChI=1S/C4H8.2H2S/c1-3-4-2;;/h3H,1,4H2,2H3;2*1H2. The Balaban J connectivity index is -0.0000000450. The molecule has 0 aromatic heterocycles. The average Bonchev–Trinajstić information content (AvgIpc) is 1.37. The van der Waals surface area contributed by atoms with Gasteiger partial charge in [-0.25, -0.2) is 0 Å². The SMILES string of the molecule is C=CCC.S.S. The highest BCUT2D eigenvalue weighted by Gasteiger charge is 1.45. The molecule has 0 rings (SSSR count). The summed E-state index contributed by atoms with van der Waals surface area (Å²) in [5.74, 6) is 0. The fourth-order valence-electron chi connectivity index (χ4n) is 0. The highest BCUT2D eigenvalue weighted by atomic mass is 32.1. The summed E-state index contributed by atoms with van der Waals surface area (Å²) in [5.41, 5.74) is 0. The first-order valence-electron chi connectivity index (χ1n) is 1.52. The summed E-state index contributed by atoms with van der Waals surface area (Å²) in [6, 6.07) is 0. The van der Waals surface area contributed by atoms with Crippen LogP contribution in [0.1, 0.15) is 13.3 Å². The van der Waals surface area contributed by atoms with E-state index in [1.165, 1.54) is 0 Å². The lowest BCUT2D eigenvalue weighted by molar-refractivity contribution is 1.23. The molecule has 0 N–H and O–H groups in total. The molecule has 0 aromatic carbocycles. The molecule has 0 saturated carbocycles. The van der Waals surface area contributed by atoms with E-state index in [4.69, 9.17) is 0 Å². The van der Waals surface area contributed by atoms with Gasteiger partial charge in [0.15, 0.2) is 0 Å². The minimum absolute atomic E-state index is 0. The number of rotatable bonds is 1. The summed E-state index contributed by atoms with van der Waals surface area (Å²) in [6.07, 6.45) is 2.96. The predicted molar refractivity (Wildman–Crippen MR) is 41.3 cm³/mol. The van der Waals surface area contributed by atoms with Crippen molar-refractivity contribution in [1.29, 1.82) is 0 Å². The number of allylic oxidation sites excluding steroid dienone is 1. The van der Waals surface area contributed by atoms with Crippen LogP contribution in [0.5, 0.6) is 0 Å².